The number of hydrogen-bond donors (Lipinski definition) is 0. The minimum absolute atomic E-state index is 0.0178. The first kappa shape index (κ1) is 24.8. The van der Waals surface area contributed by atoms with Crippen molar-refractivity contribution in [2.75, 3.05) is 0 Å². The second-order valence-corrected chi connectivity index (χ2v) is 13.2. The Bertz CT molecular complexity index is 3510. The van der Waals surface area contributed by atoms with Gasteiger partial charge in [0.15, 0.2) is 17.5 Å². The third-order valence-corrected chi connectivity index (χ3v) is 9.99. The average Bonchev–Trinajstić information content (AvgIpc) is 3.84. The predicted octanol–water partition coefficient (Wildman–Crippen LogP) is 12.7. The number of aromatic nitrogens is 4. The van der Waals surface area contributed by atoms with Gasteiger partial charge in [0, 0.05) is 49.4 Å². The molecule has 0 saturated heterocycles. The van der Waals surface area contributed by atoms with Crippen molar-refractivity contribution >= 4 is 54.5 Å². The van der Waals surface area contributed by atoms with Crippen LogP contribution in [0.2, 0.25) is 0 Å². The van der Waals surface area contributed by atoms with Crippen LogP contribution in [0.4, 0.5) is 0 Å². The van der Waals surface area contributed by atoms with E-state index in [0.717, 1.165) is 43.7 Å². The van der Waals surface area contributed by atoms with Crippen molar-refractivity contribution in [2.24, 2.45) is 0 Å². The molecule has 3 aromatic heterocycles. The van der Waals surface area contributed by atoms with Gasteiger partial charge in [0.1, 0.15) is 11.2 Å². The summed E-state index contributed by atoms with van der Waals surface area (Å²) in [6.45, 7) is 0. The van der Waals surface area contributed by atoms with E-state index >= 15 is 0 Å². The van der Waals surface area contributed by atoms with Crippen molar-refractivity contribution in [3.8, 4) is 51.0 Å². The summed E-state index contributed by atoms with van der Waals surface area (Å²) < 4.78 is 62.5. The summed E-state index contributed by atoms with van der Waals surface area (Å²) in [7, 11) is 0. The van der Waals surface area contributed by atoms with Gasteiger partial charge in [-0.25, -0.2) is 15.0 Å². The molecule has 0 spiro atoms. The van der Waals surface area contributed by atoms with E-state index in [9.17, 15) is 1.37 Å². The highest BCUT2D eigenvalue weighted by molar-refractivity contribution is 6.15. The van der Waals surface area contributed by atoms with Gasteiger partial charge >= 0.3 is 0 Å². The van der Waals surface area contributed by atoms with Gasteiger partial charge in [0.05, 0.1) is 24.9 Å². The van der Waals surface area contributed by atoms with Gasteiger partial charge in [-0.3, -0.25) is 0 Å². The molecule has 252 valence electrons. The average molecular weight is 697 g/mol. The van der Waals surface area contributed by atoms with Crippen molar-refractivity contribution in [2.45, 2.75) is 0 Å². The lowest BCUT2D eigenvalue weighted by Gasteiger charge is -2.16. The molecule has 0 bridgehead atoms. The molecule has 54 heavy (non-hydrogen) atoms. The minimum Gasteiger partial charge on any atom is -0.455 e. The molecule has 0 atom stereocenters. The number of furan rings is 1. The zero-order valence-corrected chi connectivity index (χ0v) is 28.6. The van der Waals surface area contributed by atoms with Gasteiger partial charge in [-0.05, 0) is 53.2 Å². The van der Waals surface area contributed by atoms with Crippen molar-refractivity contribution in [3.63, 3.8) is 0 Å². The first-order chi connectivity index (χ1) is 29.2. The van der Waals surface area contributed by atoms with Crippen LogP contribution in [-0.2, 0) is 0 Å². The van der Waals surface area contributed by atoms with Gasteiger partial charge in [-0.15, -0.1) is 0 Å². The quantitative estimate of drug-likeness (QED) is 0.180. The molecular weight excluding hydrogens is 661 g/mol. The number of rotatable bonds is 5. The van der Waals surface area contributed by atoms with Crippen LogP contribution in [0.5, 0.6) is 0 Å². The Morgan fingerprint density at radius 3 is 1.85 bits per heavy atom. The minimum atomic E-state index is -0.371. The topological polar surface area (TPSA) is 56.7 Å². The summed E-state index contributed by atoms with van der Waals surface area (Å²) in [5.41, 5.74) is 5.48. The molecule has 5 nitrogen and oxygen atoms in total. The van der Waals surface area contributed by atoms with E-state index in [4.69, 9.17) is 26.2 Å². The van der Waals surface area contributed by atoms with Gasteiger partial charge in [0.2, 0.25) is 0 Å². The number of hydrogen-bond acceptors (Lipinski definition) is 4. The Kier molecular flexibility index (Phi) is 5.55. The molecule has 0 aliphatic rings. The molecule has 0 radical (unpaired) electrons. The number of fused-ring (bicyclic) bond motifs is 7. The van der Waals surface area contributed by atoms with Crippen LogP contribution in [0.1, 0.15) is 8.22 Å². The standard InChI is InChI=1S/C49H30N4O/c1-3-14-31(15-4-1)47-50-48(32-16-5-2-6-17-32)52-49(51-47)35-26-27-43(41(29-35)39-23-13-22-38-37-21-10-12-25-45(37)54-46(38)39)53-42-24-11-9-20-36(42)40-28-33-18-7-8-19-34(33)30-44(40)53/h1-30H/i10D,13D,21D,22D,23D,25D. The van der Waals surface area contributed by atoms with Crippen molar-refractivity contribution in [3.05, 3.63) is 182 Å². The molecule has 0 fully saturated rings. The summed E-state index contributed by atoms with van der Waals surface area (Å²) in [5, 5.41) is 4.39. The highest BCUT2D eigenvalue weighted by Crippen LogP contribution is 2.43. The Labute approximate surface area is 318 Å². The smallest absolute Gasteiger partial charge is 0.164 e. The van der Waals surface area contributed by atoms with Gasteiger partial charge in [-0.2, -0.15) is 0 Å². The Morgan fingerprint density at radius 2 is 1.09 bits per heavy atom. The normalized spacial score (nSPS) is 13.3. The van der Waals surface area contributed by atoms with Crippen molar-refractivity contribution < 1.29 is 12.6 Å². The maximum Gasteiger partial charge on any atom is 0.164 e. The van der Waals surface area contributed by atoms with Crippen LogP contribution in [0.3, 0.4) is 0 Å². The second kappa shape index (κ2) is 12.1. The van der Waals surface area contributed by atoms with Crippen LogP contribution in [0.25, 0.3) is 105 Å². The first-order valence-electron chi connectivity index (χ1n) is 20.6. The summed E-state index contributed by atoms with van der Waals surface area (Å²) in [6, 6.07) is 45.6. The van der Waals surface area contributed by atoms with Crippen LogP contribution < -0.4 is 0 Å². The first-order valence-corrected chi connectivity index (χ1v) is 17.6. The van der Waals surface area contributed by atoms with Crippen LogP contribution in [0, 0.1) is 0 Å². The lowest BCUT2D eigenvalue weighted by molar-refractivity contribution is 0.670. The fourth-order valence-corrected chi connectivity index (χ4v) is 7.48. The van der Waals surface area contributed by atoms with Gasteiger partial charge in [0.25, 0.3) is 0 Å². The van der Waals surface area contributed by atoms with Crippen LogP contribution in [-0.4, -0.2) is 19.5 Å². The molecule has 5 heteroatoms. The summed E-state index contributed by atoms with van der Waals surface area (Å²) in [6.07, 6.45) is 0. The highest BCUT2D eigenvalue weighted by atomic mass is 16.3. The maximum atomic E-state index is 9.55. The number of nitrogens with zero attached hydrogens (tertiary/aromatic N) is 4. The highest BCUT2D eigenvalue weighted by Gasteiger charge is 2.21. The molecule has 8 aromatic carbocycles. The van der Waals surface area contributed by atoms with Gasteiger partial charge < -0.3 is 8.98 Å². The Balaban J connectivity index is 1.28. The summed E-state index contributed by atoms with van der Waals surface area (Å²) in [5.74, 6) is 1.33. The second-order valence-electron chi connectivity index (χ2n) is 13.2. The van der Waals surface area contributed by atoms with Crippen molar-refractivity contribution in [1.29, 1.82) is 0 Å². The third-order valence-electron chi connectivity index (χ3n) is 9.99. The third kappa shape index (κ3) is 4.83. The van der Waals surface area contributed by atoms with Gasteiger partial charge in [-0.1, -0.05) is 139 Å². The van der Waals surface area contributed by atoms with E-state index < -0.39 is 0 Å². The van der Waals surface area contributed by atoms with E-state index in [-0.39, 0.29) is 63.8 Å². The van der Waals surface area contributed by atoms with E-state index in [1.54, 1.807) is 0 Å². The largest absolute Gasteiger partial charge is 0.455 e. The maximum absolute atomic E-state index is 9.55. The molecular formula is C49H30N4O. The van der Waals surface area contributed by atoms with E-state index in [1.807, 2.05) is 103 Å². The SMILES string of the molecule is [2H]c1cc([2H])c2oc3c(-c4cc(-c5nc(-c6ccccc6)nc(-c6ccccc6)n5)ccc4-n4c5ccccc5c5cc6ccccc6cc54)c([2H])c([2H])c([2H])c3c2c1[2H]. The summed E-state index contributed by atoms with van der Waals surface area (Å²) in [4.78, 5) is 14.9. The zero-order valence-electron chi connectivity index (χ0n) is 34.6. The predicted molar refractivity (Wildman–Crippen MR) is 221 cm³/mol. The number of benzene rings is 8. The molecule has 0 unspecified atom stereocenters. The van der Waals surface area contributed by atoms with Crippen LogP contribution >= 0.6 is 0 Å². The van der Waals surface area contributed by atoms with Crippen molar-refractivity contribution in [1.82, 2.24) is 19.5 Å². The van der Waals surface area contributed by atoms with E-state index in [1.165, 1.54) is 6.07 Å². The van der Waals surface area contributed by atoms with Crippen LogP contribution in [0.15, 0.2) is 186 Å². The Morgan fingerprint density at radius 1 is 0.444 bits per heavy atom. The lowest BCUT2D eigenvalue weighted by atomic mass is 9.97. The summed E-state index contributed by atoms with van der Waals surface area (Å²) >= 11 is 0. The number of para-hydroxylation sites is 3. The molecule has 11 rings (SSSR count). The fraction of sp³-hybridized carbons (Fsp3) is 0. The van der Waals surface area contributed by atoms with E-state index in [0.29, 0.717) is 34.3 Å². The van der Waals surface area contributed by atoms with E-state index in [2.05, 4.69) is 41.0 Å². The zero-order chi connectivity index (χ0) is 40.8. The molecule has 0 N–H and O–H groups in total. The molecule has 0 amide bonds. The fourth-order valence-electron chi connectivity index (χ4n) is 7.48. The molecule has 11 aromatic rings. The molecule has 0 saturated carbocycles. The Hall–Kier alpha value is -7.37. The molecule has 0 aliphatic heterocycles. The lowest BCUT2D eigenvalue weighted by Crippen LogP contribution is -2.02. The molecule has 0 aliphatic carbocycles. The monoisotopic (exact) mass is 696 g/mol. The molecule has 3 heterocycles.